The molecule has 0 aliphatic carbocycles. The number of carbonyl (C=O) groups excluding carboxylic acids is 1. The Labute approximate surface area is 113 Å². The number of hydrogen-bond donors (Lipinski definition) is 1. The summed E-state index contributed by atoms with van der Waals surface area (Å²) in [7, 11) is 0. The highest BCUT2D eigenvalue weighted by Crippen LogP contribution is 2.30. The van der Waals surface area contributed by atoms with Gasteiger partial charge in [0.25, 0.3) is 5.91 Å². The van der Waals surface area contributed by atoms with Crippen molar-refractivity contribution in [3.63, 3.8) is 0 Å². The summed E-state index contributed by atoms with van der Waals surface area (Å²) in [5.41, 5.74) is 0.937. The lowest BCUT2D eigenvalue weighted by molar-refractivity contribution is 0.0646. The smallest absolute Gasteiger partial charge is 0.290 e. The van der Waals surface area contributed by atoms with Crippen molar-refractivity contribution in [1.82, 2.24) is 10.2 Å². The van der Waals surface area contributed by atoms with Crippen molar-refractivity contribution in [2.75, 3.05) is 13.1 Å². The van der Waals surface area contributed by atoms with Crippen molar-refractivity contribution in [3.05, 3.63) is 23.7 Å². The zero-order valence-corrected chi connectivity index (χ0v) is 11.3. The summed E-state index contributed by atoms with van der Waals surface area (Å²) < 4.78 is 5.33. The molecule has 2 saturated heterocycles. The van der Waals surface area contributed by atoms with Gasteiger partial charge in [0, 0.05) is 24.2 Å². The summed E-state index contributed by atoms with van der Waals surface area (Å²) in [5, 5.41) is 3.40. The van der Waals surface area contributed by atoms with Crippen LogP contribution in [0.4, 0.5) is 0 Å². The summed E-state index contributed by atoms with van der Waals surface area (Å²) >= 11 is 0. The van der Waals surface area contributed by atoms with Crippen LogP contribution in [0.2, 0.25) is 0 Å². The second-order valence-electron chi connectivity index (χ2n) is 5.02. The molecule has 3 heterocycles. The number of hydrogen-bond acceptors (Lipinski definition) is 3. The highest BCUT2D eigenvalue weighted by Gasteiger charge is 2.39. The molecule has 5 heteroatoms. The van der Waals surface area contributed by atoms with Crippen LogP contribution in [0.3, 0.4) is 0 Å². The van der Waals surface area contributed by atoms with Gasteiger partial charge in [0.2, 0.25) is 0 Å². The molecule has 3 rings (SSSR count). The Hall–Kier alpha value is -1.00. The Kier molecular flexibility index (Phi) is 3.97. The van der Waals surface area contributed by atoms with Crippen molar-refractivity contribution < 1.29 is 9.21 Å². The average molecular weight is 271 g/mol. The van der Waals surface area contributed by atoms with Gasteiger partial charge in [-0.1, -0.05) is 0 Å². The first-order valence-electron chi connectivity index (χ1n) is 6.35. The van der Waals surface area contributed by atoms with Crippen molar-refractivity contribution in [2.45, 2.75) is 38.3 Å². The molecule has 2 aliphatic heterocycles. The van der Waals surface area contributed by atoms with E-state index in [2.05, 4.69) is 5.32 Å². The van der Waals surface area contributed by atoms with Crippen LogP contribution in [0.5, 0.6) is 0 Å². The molecule has 2 bridgehead atoms. The molecule has 0 aromatic carbocycles. The van der Waals surface area contributed by atoms with Gasteiger partial charge in [-0.15, -0.1) is 12.4 Å². The average Bonchev–Trinajstić information content (AvgIpc) is 2.81. The van der Waals surface area contributed by atoms with Gasteiger partial charge >= 0.3 is 0 Å². The fraction of sp³-hybridized carbons (Fsp3) is 0.615. The van der Waals surface area contributed by atoms with E-state index in [4.69, 9.17) is 4.42 Å². The summed E-state index contributed by atoms with van der Waals surface area (Å²) in [6, 6.07) is 2.59. The van der Waals surface area contributed by atoms with E-state index in [-0.39, 0.29) is 18.3 Å². The molecule has 1 amide bonds. The molecule has 1 aromatic rings. The predicted molar refractivity (Wildman–Crippen MR) is 71.2 cm³/mol. The summed E-state index contributed by atoms with van der Waals surface area (Å²) in [6.45, 7) is 3.86. The lowest BCUT2D eigenvalue weighted by Crippen LogP contribution is -2.42. The Morgan fingerprint density at radius 2 is 2.17 bits per heavy atom. The normalized spacial score (nSPS) is 26.6. The van der Waals surface area contributed by atoms with E-state index < -0.39 is 0 Å². The van der Waals surface area contributed by atoms with Gasteiger partial charge in [-0.2, -0.15) is 0 Å². The van der Waals surface area contributed by atoms with Gasteiger partial charge in [-0.25, -0.2) is 0 Å². The zero-order valence-electron chi connectivity index (χ0n) is 10.5. The summed E-state index contributed by atoms with van der Waals surface area (Å²) in [4.78, 5) is 14.5. The first kappa shape index (κ1) is 13.4. The highest BCUT2D eigenvalue weighted by atomic mass is 35.5. The SMILES string of the molecule is Cc1ccoc1C(=O)N1[C@H]2CCNC[C@@H]1CC2.Cl. The maximum Gasteiger partial charge on any atom is 0.290 e. The van der Waals surface area contributed by atoms with Crippen molar-refractivity contribution in [1.29, 1.82) is 0 Å². The van der Waals surface area contributed by atoms with Gasteiger partial charge in [-0.05, 0) is 38.8 Å². The summed E-state index contributed by atoms with van der Waals surface area (Å²) in [6.07, 6.45) is 4.91. The molecular formula is C13H19ClN2O2. The Bertz CT molecular complexity index is 418. The van der Waals surface area contributed by atoms with Crippen LogP contribution in [0.1, 0.15) is 35.4 Å². The lowest BCUT2D eigenvalue weighted by Gasteiger charge is -2.27. The Morgan fingerprint density at radius 1 is 1.39 bits per heavy atom. The number of amides is 1. The van der Waals surface area contributed by atoms with Gasteiger partial charge in [0.1, 0.15) is 0 Å². The van der Waals surface area contributed by atoms with Gasteiger partial charge in [-0.3, -0.25) is 4.79 Å². The van der Waals surface area contributed by atoms with Crippen LogP contribution >= 0.6 is 12.4 Å². The molecule has 2 fully saturated rings. The second-order valence-corrected chi connectivity index (χ2v) is 5.02. The number of fused-ring (bicyclic) bond motifs is 2. The molecule has 100 valence electrons. The van der Waals surface area contributed by atoms with Gasteiger partial charge in [0.15, 0.2) is 5.76 Å². The number of halogens is 1. The van der Waals surface area contributed by atoms with E-state index in [0.29, 0.717) is 17.8 Å². The minimum Gasteiger partial charge on any atom is -0.459 e. The lowest BCUT2D eigenvalue weighted by atomic mass is 10.1. The molecule has 2 atom stereocenters. The van der Waals surface area contributed by atoms with Gasteiger partial charge in [0.05, 0.1) is 6.26 Å². The fourth-order valence-electron chi connectivity index (χ4n) is 3.02. The van der Waals surface area contributed by atoms with E-state index >= 15 is 0 Å². The number of aryl methyl sites for hydroxylation is 1. The molecule has 2 aliphatic rings. The number of carbonyl (C=O) groups is 1. The van der Waals surface area contributed by atoms with Crippen molar-refractivity contribution in [2.24, 2.45) is 0 Å². The molecule has 0 spiro atoms. The van der Waals surface area contributed by atoms with E-state index in [1.807, 2.05) is 17.9 Å². The predicted octanol–water partition coefficient (Wildman–Crippen LogP) is 1.98. The third-order valence-corrected chi connectivity index (χ3v) is 3.95. The van der Waals surface area contributed by atoms with E-state index in [9.17, 15) is 4.79 Å². The van der Waals surface area contributed by atoms with Crippen LogP contribution in [-0.4, -0.2) is 36.0 Å². The topological polar surface area (TPSA) is 45.5 Å². The van der Waals surface area contributed by atoms with E-state index in [1.54, 1.807) is 6.26 Å². The number of nitrogens with one attached hydrogen (secondary N) is 1. The number of furan rings is 1. The van der Waals surface area contributed by atoms with Crippen LogP contribution in [0.25, 0.3) is 0 Å². The summed E-state index contributed by atoms with van der Waals surface area (Å²) in [5.74, 6) is 0.590. The van der Waals surface area contributed by atoms with Crippen LogP contribution in [0.15, 0.2) is 16.7 Å². The molecule has 0 radical (unpaired) electrons. The Balaban J connectivity index is 0.00000120. The van der Waals surface area contributed by atoms with E-state index in [0.717, 1.165) is 37.9 Å². The quantitative estimate of drug-likeness (QED) is 0.849. The first-order chi connectivity index (χ1) is 8.27. The fourth-order valence-corrected chi connectivity index (χ4v) is 3.02. The van der Waals surface area contributed by atoms with Crippen LogP contribution in [0, 0.1) is 6.92 Å². The van der Waals surface area contributed by atoms with Crippen LogP contribution < -0.4 is 5.32 Å². The minimum atomic E-state index is 0. The maximum atomic E-state index is 12.5. The second kappa shape index (κ2) is 5.33. The standard InChI is InChI=1S/C13H18N2O2.ClH/c1-9-5-7-17-12(9)13(16)15-10-2-3-11(15)8-14-6-4-10;/h5,7,10-11,14H,2-4,6,8H2,1H3;1H/t10-,11+;/m1./s1. The van der Waals surface area contributed by atoms with Gasteiger partial charge < -0.3 is 14.6 Å². The largest absolute Gasteiger partial charge is 0.459 e. The molecule has 1 aromatic heterocycles. The molecule has 0 saturated carbocycles. The van der Waals surface area contributed by atoms with Crippen LogP contribution in [-0.2, 0) is 0 Å². The van der Waals surface area contributed by atoms with Crippen molar-refractivity contribution >= 4 is 18.3 Å². The third kappa shape index (κ3) is 2.15. The minimum absolute atomic E-state index is 0. The zero-order chi connectivity index (χ0) is 11.8. The maximum absolute atomic E-state index is 12.5. The highest BCUT2D eigenvalue weighted by molar-refractivity contribution is 5.93. The third-order valence-electron chi connectivity index (χ3n) is 3.95. The number of rotatable bonds is 1. The molecular weight excluding hydrogens is 252 g/mol. The van der Waals surface area contributed by atoms with Crippen molar-refractivity contribution in [3.8, 4) is 0 Å². The Morgan fingerprint density at radius 3 is 2.89 bits per heavy atom. The molecule has 1 N–H and O–H groups in total. The first-order valence-corrected chi connectivity index (χ1v) is 6.35. The van der Waals surface area contributed by atoms with E-state index in [1.165, 1.54) is 0 Å². The molecule has 0 unspecified atom stereocenters. The molecule has 4 nitrogen and oxygen atoms in total. The number of nitrogens with zero attached hydrogens (tertiary/aromatic N) is 1. The monoisotopic (exact) mass is 270 g/mol. The molecule has 18 heavy (non-hydrogen) atoms.